The van der Waals surface area contributed by atoms with E-state index >= 15 is 0 Å². The van der Waals surface area contributed by atoms with Gasteiger partial charge in [-0.15, -0.1) is 0 Å². The van der Waals surface area contributed by atoms with Gasteiger partial charge < -0.3 is 14.2 Å². The van der Waals surface area contributed by atoms with Crippen molar-refractivity contribution in [2.45, 2.75) is 316 Å². The van der Waals surface area contributed by atoms with Gasteiger partial charge in [0.1, 0.15) is 13.2 Å². The average Bonchev–Trinajstić information content (AvgIpc) is 3.29. The van der Waals surface area contributed by atoms with Crippen molar-refractivity contribution in [3.8, 4) is 0 Å². The summed E-state index contributed by atoms with van der Waals surface area (Å²) in [5.74, 6) is -0.856. The molecule has 0 rings (SSSR count). The van der Waals surface area contributed by atoms with Crippen molar-refractivity contribution in [1.29, 1.82) is 0 Å². The zero-order valence-corrected chi connectivity index (χ0v) is 43.1. The molecule has 0 aliphatic rings. The van der Waals surface area contributed by atoms with Gasteiger partial charge in [0.2, 0.25) is 0 Å². The second-order valence-electron chi connectivity index (χ2n) is 19.2. The Balaban J connectivity index is 4.33. The van der Waals surface area contributed by atoms with E-state index in [-0.39, 0.29) is 31.1 Å². The second-order valence-corrected chi connectivity index (χ2v) is 19.2. The molecule has 0 fully saturated rings. The molecule has 0 bridgehead atoms. The molecule has 0 aromatic carbocycles. The molecule has 0 amide bonds. The Hall–Kier alpha value is -2.11. The van der Waals surface area contributed by atoms with Gasteiger partial charge >= 0.3 is 17.9 Å². The van der Waals surface area contributed by atoms with Crippen molar-refractivity contribution in [2.75, 3.05) is 13.2 Å². The maximum absolute atomic E-state index is 12.8. The van der Waals surface area contributed by atoms with Crippen LogP contribution in [0.2, 0.25) is 0 Å². The van der Waals surface area contributed by atoms with Gasteiger partial charge in [-0.1, -0.05) is 263 Å². The smallest absolute Gasteiger partial charge is 0.306 e. The number of allylic oxidation sites excluding steroid dienone is 4. The number of carbonyl (C=O) groups excluding carboxylic acids is 3. The number of hydrogen-bond acceptors (Lipinski definition) is 6. The molecule has 0 aliphatic heterocycles. The minimum Gasteiger partial charge on any atom is -0.462 e. The highest BCUT2D eigenvalue weighted by molar-refractivity contribution is 5.71. The predicted molar refractivity (Wildman–Crippen MR) is 275 cm³/mol. The Bertz CT molecular complexity index is 1040. The van der Waals surface area contributed by atoms with Gasteiger partial charge in [0.05, 0.1) is 0 Å². The number of hydrogen-bond donors (Lipinski definition) is 0. The lowest BCUT2D eigenvalue weighted by Gasteiger charge is -2.18. The third-order valence-corrected chi connectivity index (χ3v) is 12.7. The molecule has 0 N–H and O–H groups in total. The quantitative estimate of drug-likeness (QED) is 0.0262. The van der Waals surface area contributed by atoms with E-state index in [1.165, 1.54) is 199 Å². The van der Waals surface area contributed by atoms with Crippen LogP contribution in [0.5, 0.6) is 0 Å². The van der Waals surface area contributed by atoms with Crippen LogP contribution in [0, 0.1) is 0 Å². The lowest BCUT2D eigenvalue weighted by molar-refractivity contribution is -0.167. The molecule has 0 aromatic heterocycles. The Kier molecular flexibility index (Phi) is 51.7. The molecular weight excluding hydrogens is 793 g/mol. The van der Waals surface area contributed by atoms with Crippen LogP contribution in [0.25, 0.3) is 0 Å². The Morgan fingerprint density at radius 2 is 0.562 bits per heavy atom. The van der Waals surface area contributed by atoms with E-state index < -0.39 is 6.10 Å². The van der Waals surface area contributed by atoms with Gasteiger partial charge in [-0.2, -0.15) is 0 Å². The molecule has 0 spiro atoms. The van der Waals surface area contributed by atoms with Crippen molar-refractivity contribution in [1.82, 2.24) is 0 Å². The molecular formula is C58H108O6. The molecule has 0 saturated heterocycles. The molecule has 376 valence electrons. The fourth-order valence-electron chi connectivity index (χ4n) is 8.42. The van der Waals surface area contributed by atoms with E-state index in [1.54, 1.807) is 0 Å². The highest BCUT2D eigenvalue weighted by Crippen LogP contribution is 2.17. The first-order valence-corrected chi connectivity index (χ1v) is 28.3. The number of unbranched alkanes of at least 4 members (excludes halogenated alkanes) is 37. The maximum Gasteiger partial charge on any atom is 0.306 e. The lowest BCUT2D eigenvalue weighted by atomic mass is 10.0. The van der Waals surface area contributed by atoms with Crippen molar-refractivity contribution in [3.63, 3.8) is 0 Å². The molecule has 64 heavy (non-hydrogen) atoms. The molecule has 0 saturated carbocycles. The van der Waals surface area contributed by atoms with Crippen LogP contribution < -0.4 is 0 Å². The summed E-state index contributed by atoms with van der Waals surface area (Å²) < 4.78 is 16.9. The van der Waals surface area contributed by atoms with Crippen LogP contribution in [0.4, 0.5) is 0 Å². The molecule has 0 heterocycles. The zero-order valence-electron chi connectivity index (χ0n) is 43.1. The molecule has 6 nitrogen and oxygen atoms in total. The summed E-state index contributed by atoms with van der Waals surface area (Å²) >= 11 is 0. The summed E-state index contributed by atoms with van der Waals surface area (Å²) in [6, 6.07) is 0. The third kappa shape index (κ3) is 50.9. The molecule has 0 unspecified atom stereocenters. The van der Waals surface area contributed by atoms with E-state index in [0.717, 1.165) is 70.6 Å². The van der Waals surface area contributed by atoms with E-state index in [1.807, 2.05) is 0 Å². The van der Waals surface area contributed by atoms with Crippen LogP contribution in [0.3, 0.4) is 0 Å². The average molecular weight is 901 g/mol. The fourth-order valence-corrected chi connectivity index (χ4v) is 8.42. The monoisotopic (exact) mass is 901 g/mol. The molecule has 0 aliphatic carbocycles. The SMILES string of the molecule is CCCCC/C=C/C/C=C/CCCCCCCCCC(=O)OC[C@@H](COC(=O)CCCCCCCCCCCCCCC)OC(=O)CCCCCCCCCCCCCCCCCC. The summed E-state index contributed by atoms with van der Waals surface area (Å²) in [5, 5.41) is 0. The van der Waals surface area contributed by atoms with Gasteiger partial charge in [0.15, 0.2) is 6.10 Å². The lowest BCUT2D eigenvalue weighted by Crippen LogP contribution is -2.30. The van der Waals surface area contributed by atoms with Crippen molar-refractivity contribution < 1.29 is 28.6 Å². The van der Waals surface area contributed by atoms with E-state index in [2.05, 4.69) is 45.1 Å². The number of rotatable bonds is 52. The van der Waals surface area contributed by atoms with Gasteiger partial charge in [-0.05, 0) is 51.4 Å². The van der Waals surface area contributed by atoms with E-state index in [0.29, 0.717) is 19.3 Å². The van der Waals surface area contributed by atoms with Crippen molar-refractivity contribution >= 4 is 17.9 Å². The van der Waals surface area contributed by atoms with Gasteiger partial charge in [-0.25, -0.2) is 0 Å². The zero-order chi connectivity index (χ0) is 46.5. The van der Waals surface area contributed by atoms with Gasteiger partial charge in [0, 0.05) is 19.3 Å². The number of carbonyl (C=O) groups is 3. The Morgan fingerprint density at radius 3 is 0.891 bits per heavy atom. The minimum absolute atomic E-state index is 0.0682. The topological polar surface area (TPSA) is 78.9 Å². The number of ether oxygens (including phenoxy) is 3. The van der Waals surface area contributed by atoms with Crippen LogP contribution in [-0.4, -0.2) is 37.2 Å². The molecule has 6 heteroatoms. The van der Waals surface area contributed by atoms with Gasteiger partial charge in [-0.3, -0.25) is 14.4 Å². The van der Waals surface area contributed by atoms with Crippen LogP contribution >= 0.6 is 0 Å². The Morgan fingerprint density at radius 1 is 0.312 bits per heavy atom. The largest absolute Gasteiger partial charge is 0.462 e. The first-order chi connectivity index (χ1) is 31.5. The van der Waals surface area contributed by atoms with Crippen LogP contribution in [-0.2, 0) is 28.6 Å². The van der Waals surface area contributed by atoms with Crippen molar-refractivity contribution in [3.05, 3.63) is 24.3 Å². The third-order valence-electron chi connectivity index (χ3n) is 12.7. The highest BCUT2D eigenvalue weighted by Gasteiger charge is 2.19. The second kappa shape index (κ2) is 53.5. The van der Waals surface area contributed by atoms with Crippen LogP contribution in [0.1, 0.15) is 310 Å². The first-order valence-electron chi connectivity index (χ1n) is 28.3. The van der Waals surface area contributed by atoms with Gasteiger partial charge in [0.25, 0.3) is 0 Å². The highest BCUT2D eigenvalue weighted by atomic mass is 16.6. The summed E-state index contributed by atoms with van der Waals surface area (Å²) in [5.41, 5.74) is 0. The van der Waals surface area contributed by atoms with E-state index in [4.69, 9.17) is 14.2 Å². The predicted octanol–water partition coefficient (Wildman–Crippen LogP) is 18.7. The maximum atomic E-state index is 12.8. The standard InChI is InChI=1S/C58H108O6/c1-4-7-10-13-16-19-22-25-27-29-31-33-36-39-42-45-48-51-57(60)63-54-55(53-62-56(59)50-47-44-41-38-35-32-24-21-18-15-12-9-6-3)64-58(61)52-49-46-43-40-37-34-30-28-26-23-20-17-14-11-8-5-2/h16,19,25,27,55H,4-15,17-18,20-24,26,28-54H2,1-3H3/b19-16+,27-25+/t55-/m1/s1. The van der Waals surface area contributed by atoms with E-state index in [9.17, 15) is 14.4 Å². The summed E-state index contributed by atoms with van der Waals surface area (Å²) in [4.78, 5) is 38.1. The minimum atomic E-state index is -0.769. The van der Waals surface area contributed by atoms with Crippen LogP contribution in [0.15, 0.2) is 24.3 Å². The van der Waals surface area contributed by atoms with Crippen molar-refractivity contribution in [2.24, 2.45) is 0 Å². The number of esters is 3. The normalized spacial score (nSPS) is 12.1. The summed E-state index contributed by atoms with van der Waals surface area (Å²) in [7, 11) is 0. The summed E-state index contributed by atoms with van der Waals surface area (Å²) in [6.45, 7) is 6.65. The molecule has 0 aromatic rings. The Labute approximate surface area is 398 Å². The summed E-state index contributed by atoms with van der Waals surface area (Å²) in [6.07, 6.45) is 61.6. The first kappa shape index (κ1) is 61.9. The molecule has 0 radical (unpaired) electrons. The molecule has 1 atom stereocenters. The fraction of sp³-hybridized carbons (Fsp3) is 0.879.